The minimum absolute atomic E-state index is 0.121. The van der Waals surface area contributed by atoms with Crippen LogP contribution < -0.4 is 22.1 Å². The molecule has 0 unspecified atom stereocenters. The highest BCUT2D eigenvalue weighted by atomic mass is 32.2. The Kier molecular flexibility index (Phi) is 9.53. The number of hydrogen-bond donors (Lipinski definition) is 4. The molecule has 0 amide bonds. The van der Waals surface area contributed by atoms with Gasteiger partial charge in [-0.3, -0.25) is 0 Å². The predicted octanol–water partition coefficient (Wildman–Crippen LogP) is 4.90. The summed E-state index contributed by atoms with van der Waals surface area (Å²) in [5.74, 6) is 3.40. The van der Waals surface area contributed by atoms with E-state index >= 15 is 0 Å². The number of thioether (sulfide) groups is 2. The first kappa shape index (κ1) is 28.4. The summed E-state index contributed by atoms with van der Waals surface area (Å²) in [6.07, 6.45) is 0. The van der Waals surface area contributed by atoms with Gasteiger partial charge in [0.2, 0.25) is 11.9 Å². The molecule has 2 aromatic carbocycles. The highest BCUT2D eigenvalue weighted by Crippen LogP contribution is 2.66. The van der Waals surface area contributed by atoms with Crippen LogP contribution in [0.2, 0.25) is 0 Å². The summed E-state index contributed by atoms with van der Waals surface area (Å²) in [4.78, 5) is 19.5. The summed E-state index contributed by atoms with van der Waals surface area (Å²) < 4.78 is 0. The summed E-state index contributed by atoms with van der Waals surface area (Å²) in [5.41, 5.74) is 16.2. The van der Waals surface area contributed by atoms with Gasteiger partial charge in [0.25, 0.3) is 0 Å². The van der Waals surface area contributed by atoms with Crippen LogP contribution >= 0.6 is 23.5 Å². The Morgan fingerprint density at radius 3 is 1.35 bits per heavy atom. The van der Waals surface area contributed by atoms with Gasteiger partial charge < -0.3 is 22.1 Å². The van der Waals surface area contributed by atoms with Crippen molar-refractivity contribution in [2.24, 2.45) is 11.5 Å². The molecule has 0 bridgehead atoms. The molecule has 40 heavy (non-hydrogen) atoms. The second-order valence-corrected chi connectivity index (χ2v) is 11.8. The van der Waals surface area contributed by atoms with Crippen molar-refractivity contribution >= 4 is 35.4 Å². The molecule has 1 aliphatic carbocycles. The van der Waals surface area contributed by atoms with E-state index in [0.717, 1.165) is 32.9 Å². The molecular formula is C30H36N8S2. The van der Waals surface area contributed by atoms with E-state index in [0.29, 0.717) is 25.0 Å². The normalized spacial score (nSPS) is 20.1. The van der Waals surface area contributed by atoms with Gasteiger partial charge in [0, 0.05) is 62.4 Å². The summed E-state index contributed by atoms with van der Waals surface area (Å²) in [7, 11) is 3.73. The lowest BCUT2D eigenvalue weighted by atomic mass is 9.50. The monoisotopic (exact) mass is 572 g/mol. The molecule has 0 aliphatic heterocycles. The molecule has 8 nitrogen and oxygen atoms in total. The molecule has 0 saturated heterocycles. The van der Waals surface area contributed by atoms with Gasteiger partial charge in [-0.05, 0) is 23.3 Å². The first-order valence-electron chi connectivity index (χ1n) is 13.6. The van der Waals surface area contributed by atoms with Crippen LogP contribution in [0, 0.1) is 0 Å². The van der Waals surface area contributed by atoms with Crippen LogP contribution in [-0.2, 0) is 0 Å². The first-order chi connectivity index (χ1) is 19.7. The number of rotatable bonds is 12. The second kappa shape index (κ2) is 13.5. The van der Waals surface area contributed by atoms with Crippen molar-refractivity contribution in [3.63, 3.8) is 0 Å². The minimum Gasteiger partial charge on any atom is -0.357 e. The third kappa shape index (κ3) is 6.10. The van der Waals surface area contributed by atoms with Crippen molar-refractivity contribution in [2.75, 3.05) is 49.3 Å². The van der Waals surface area contributed by atoms with E-state index in [9.17, 15) is 0 Å². The van der Waals surface area contributed by atoms with E-state index < -0.39 is 0 Å². The summed E-state index contributed by atoms with van der Waals surface area (Å²) in [6.45, 7) is 1.19. The molecule has 5 rings (SSSR count). The van der Waals surface area contributed by atoms with Crippen LogP contribution in [0.1, 0.15) is 46.2 Å². The molecule has 6 N–H and O–H groups in total. The first-order valence-corrected chi connectivity index (χ1v) is 15.5. The molecule has 2 heterocycles. The van der Waals surface area contributed by atoms with Gasteiger partial charge in [0.1, 0.15) is 10.1 Å². The van der Waals surface area contributed by atoms with Crippen molar-refractivity contribution in [1.82, 2.24) is 19.9 Å². The number of hydrogen-bond acceptors (Lipinski definition) is 10. The summed E-state index contributed by atoms with van der Waals surface area (Å²) in [6, 6.07) is 25.8. The Bertz CT molecular complexity index is 1270. The van der Waals surface area contributed by atoms with Crippen molar-refractivity contribution in [2.45, 2.75) is 33.7 Å². The highest BCUT2D eigenvalue weighted by Gasteiger charge is 2.54. The van der Waals surface area contributed by atoms with E-state index in [1.807, 2.05) is 14.1 Å². The second-order valence-electron chi connectivity index (χ2n) is 9.61. The fourth-order valence-corrected chi connectivity index (χ4v) is 6.95. The van der Waals surface area contributed by atoms with Gasteiger partial charge in [-0.1, -0.05) is 60.7 Å². The topological polar surface area (TPSA) is 128 Å². The van der Waals surface area contributed by atoms with Gasteiger partial charge in [-0.25, -0.2) is 19.9 Å². The molecule has 2 aromatic heterocycles. The predicted molar refractivity (Wildman–Crippen MR) is 167 cm³/mol. The number of nitrogens with zero attached hydrogens (tertiary/aromatic N) is 4. The molecular weight excluding hydrogens is 537 g/mol. The summed E-state index contributed by atoms with van der Waals surface area (Å²) in [5, 5.41) is 8.21. The number of nitrogens with one attached hydrogen (secondary N) is 2. The molecule has 1 aliphatic rings. The quantitative estimate of drug-likeness (QED) is 0.137. The zero-order valence-corrected chi connectivity index (χ0v) is 24.5. The maximum absolute atomic E-state index is 5.82. The number of anilines is 2. The van der Waals surface area contributed by atoms with Gasteiger partial charge in [0.15, 0.2) is 0 Å². The molecule has 0 radical (unpaired) electrons. The maximum atomic E-state index is 5.82. The Labute approximate surface area is 244 Å². The van der Waals surface area contributed by atoms with Crippen molar-refractivity contribution in [3.8, 4) is 0 Å². The van der Waals surface area contributed by atoms with Crippen LogP contribution in [0.15, 0.2) is 82.8 Å². The Morgan fingerprint density at radius 2 is 1.00 bits per heavy atom. The van der Waals surface area contributed by atoms with Crippen molar-refractivity contribution in [3.05, 3.63) is 95.3 Å². The zero-order valence-electron chi connectivity index (χ0n) is 22.8. The maximum Gasteiger partial charge on any atom is 0.223 e. The largest absolute Gasteiger partial charge is 0.357 e. The van der Waals surface area contributed by atoms with Gasteiger partial charge >= 0.3 is 0 Å². The SMILES string of the molecule is CNc1nc(SCCN)cc([C@H]2[C@H](c3ccccc3)[C@H](c3cc(SCCN)nc(NC)n3)[C@H]2c2ccccc2)n1. The Morgan fingerprint density at radius 1 is 0.600 bits per heavy atom. The van der Waals surface area contributed by atoms with Crippen LogP contribution in [0.3, 0.4) is 0 Å². The van der Waals surface area contributed by atoms with E-state index in [2.05, 4.69) is 83.4 Å². The van der Waals surface area contributed by atoms with Crippen LogP contribution in [0.25, 0.3) is 0 Å². The molecule has 0 atom stereocenters. The average Bonchev–Trinajstić information content (AvgIpc) is 2.99. The average molecular weight is 573 g/mol. The van der Waals surface area contributed by atoms with Gasteiger partial charge in [-0.2, -0.15) is 0 Å². The third-order valence-electron chi connectivity index (χ3n) is 7.23. The molecule has 1 saturated carbocycles. The lowest BCUT2D eigenvalue weighted by Gasteiger charge is -2.52. The molecule has 208 valence electrons. The highest BCUT2D eigenvalue weighted by molar-refractivity contribution is 7.99. The Balaban J connectivity index is 1.68. The zero-order chi connectivity index (χ0) is 27.9. The number of nitrogens with two attached hydrogens (primary N) is 2. The number of benzene rings is 2. The third-order valence-corrected chi connectivity index (χ3v) is 9.12. The molecule has 10 heteroatoms. The van der Waals surface area contributed by atoms with E-state index in [1.54, 1.807) is 23.5 Å². The van der Waals surface area contributed by atoms with Gasteiger partial charge in [-0.15, -0.1) is 23.5 Å². The van der Waals surface area contributed by atoms with E-state index in [-0.39, 0.29) is 23.7 Å². The standard InChI is InChI=1S/C30H36N8S2/c1-33-29-35-21(17-23(37-29)39-15-13-31)27-25(19-9-5-3-6-10-19)28(26(27)20-11-7-4-8-12-20)22-18-24(40-16-14-32)38-30(34-2)36-22/h3-12,17-18,25-28H,13-16,31-32H2,1-2H3,(H,33,35,37)(H,34,36,38)/t25-,26-,27-,28-. The minimum atomic E-state index is 0.121. The lowest BCUT2D eigenvalue weighted by molar-refractivity contribution is 0.219. The van der Waals surface area contributed by atoms with Crippen LogP contribution in [0.4, 0.5) is 11.9 Å². The van der Waals surface area contributed by atoms with Crippen molar-refractivity contribution in [1.29, 1.82) is 0 Å². The van der Waals surface area contributed by atoms with E-state index in [1.165, 1.54) is 11.1 Å². The fraction of sp³-hybridized carbons (Fsp3) is 0.333. The Hall–Kier alpha value is -3.18. The lowest BCUT2D eigenvalue weighted by Crippen LogP contribution is -2.41. The molecule has 1 fully saturated rings. The van der Waals surface area contributed by atoms with E-state index in [4.69, 9.17) is 31.4 Å². The van der Waals surface area contributed by atoms with Crippen molar-refractivity contribution < 1.29 is 0 Å². The van der Waals surface area contributed by atoms with Crippen LogP contribution in [-0.4, -0.2) is 58.6 Å². The number of aromatic nitrogens is 4. The molecule has 0 spiro atoms. The van der Waals surface area contributed by atoms with Crippen LogP contribution in [0.5, 0.6) is 0 Å². The van der Waals surface area contributed by atoms with Gasteiger partial charge in [0.05, 0.1) is 11.4 Å². The smallest absolute Gasteiger partial charge is 0.223 e. The fourth-order valence-electron chi connectivity index (χ4n) is 5.59. The summed E-state index contributed by atoms with van der Waals surface area (Å²) >= 11 is 3.33. The molecule has 4 aromatic rings.